The highest BCUT2D eigenvalue weighted by Gasteiger charge is 2.33. The predicted octanol–water partition coefficient (Wildman–Crippen LogP) is 7.50. The van der Waals surface area contributed by atoms with Crippen LogP contribution in [0.1, 0.15) is 66.4 Å². The Morgan fingerprint density at radius 3 is 2.46 bits per heavy atom. The Morgan fingerprint density at radius 2 is 1.77 bits per heavy atom. The summed E-state index contributed by atoms with van der Waals surface area (Å²) in [6, 6.07) is 18.3. The average molecular weight is 486 g/mol. The van der Waals surface area contributed by atoms with Crippen molar-refractivity contribution in [3.63, 3.8) is 0 Å². The molecule has 1 saturated heterocycles. The van der Waals surface area contributed by atoms with Gasteiger partial charge < -0.3 is 10.2 Å². The molecule has 1 aliphatic carbocycles. The monoisotopic (exact) mass is 485 g/mol. The van der Waals surface area contributed by atoms with Crippen molar-refractivity contribution in [3.05, 3.63) is 76.2 Å². The third-order valence-corrected chi connectivity index (χ3v) is 8.59. The van der Waals surface area contributed by atoms with E-state index in [0.717, 1.165) is 54.2 Å². The van der Waals surface area contributed by atoms with E-state index < -0.39 is 0 Å². The van der Waals surface area contributed by atoms with E-state index in [1.807, 2.05) is 36.5 Å². The van der Waals surface area contributed by atoms with E-state index in [-0.39, 0.29) is 11.3 Å². The van der Waals surface area contributed by atoms with Gasteiger partial charge in [0.05, 0.1) is 5.56 Å². The van der Waals surface area contributed by atoms with Crippen LogP contribution in [0.25, 0.3) is 0 Å². The summed E-state index contributed by atoms with van der Waals surface area (Å²) >= 11 is 1.70. The maximum atomic E-state index is 13.5. The van der Waals surface area contributed by atoms with Gasteiger partial charge >= 0.3 is 0 Å². The van der Waals surface area contributed by atoms with Gasteiger partial charge in [0.25, 0.3) is 5.91 Å². The van der Waals surface area contributed by atoms with E-state index in [2.05, 4.69) is 55.3 Å². The van der Waals surface area contributed by atoms with Crippen LogP contribution in [-0.2, 0) is 12.8 Å². The first kappa shape index (κ1) is 23.8. The molecule has 1 aromatic heterocycles. The zero-order valence-electron chi connectivity index (χ0n) is 21.0. The molecule has 0 unspecified atom stereocenters. The maximum Gasteiger partial charge on any atom is 0.259 e. The van der Waals surface area contributed by atoms with Crippen LogP contribution in [0.4, 0.5) is 16.4 Å². The smallest absolute Gasteiger partial charge is 0.259 e. The third kappa shape index (κ3) is 5.35. The number of aliphatic imine (C=N–C) groups is 1. The fourth-order valence-electron chi connectivity index (χ4n) is 5.23. The zero-order chi connectivity index (χ0) is 24.4. The van der Waals surface area contributed by atoms with Crippen molar-refractivity contribution >= 4 is 39.8 Å². The van der Waals surface area contributed by atoms with Gasteiger partial charge in [-0.2, -0.15) is 0 Å². The van der Waals surface area contributed by atoms with Crippen molar-refractivity contribution in [2.75, 3.05) is 23.3 Å². The Balaban J connectivity index is 1.43. The molecule has 0 radical (unpaired) electrons. The Bertz CT molecular complexity index is 1200. The van der Waals surface area contributed by atoms with Gasteiger partial charge in [-0.05, 0) is 78.8 Å². The molecule has 5 rings (SSSR count). The van der Waals surface area contributed by atoms with E-state index >= 15 is 0 Å². The molecule has 182 valence electrons. The highest BCUT2D eigenvalue weighted by atomic mass is 32.1. The summed E-state index contributed by atoms with van der Waals surface area (Å²) in [6.07, 6.45) is 7.53. The fraction of sp³-hybridized carbons (Fsp3) is 0.400. The maximum absolute atomic E-state index is 13.5. The molecule has 3 aromatic rings. The summed E-state index contributed by atoms with van der Waals surface area (Å²) in [6.45, 7) is 9.26. The first-order chi connectivity index (χ1) is 16.9. The molecule has 0 saturated carbocycles. The number of para-hydroxylation sites is 1. The molecule has 2 aromatic carbocycles. The molecule has 1 fully saturated rings. The molecule has 35 heavy (non-hydrogen) atoms. The fourth-order valence-corrected chi connectivity index (χ4v) is 6.50. The van der Waals surface area contributed by atoms with Crippen molar-refractivity contribution in [1.82, 2.24) is 0 Å². The number of thiophene rings is 1. The molecule has 1 atom stereocenters. The number of hydrogen-bond acceptors (Lipinski definition) is 4. The Kier molecular flexibility index (Phi) is 6.79. The summed E-state index contributed by atoms with van der Waals surface area (Å²) in [5.74, 6) is 0.563. The number of carbonyl (C=O) groups excluding carboxylic acids is 1. The van der Waals surface area contributed by atoms with Crippen molar-refractivity contribution in [3.8, 4) is 0 Å². The van der Waals surface area contributed by atoms with Gasteiger partial charge in [0.1, 0.15) is 5.00 Å². The van der Waals surface area contributed by atoms with Gasteiger partial charge in [0, 0.05) is 35.6 Å². The Hall–Kier alpha value is -2.92. The minimum Gasteiger partial charge on any atom is -0.372 e. The van der Waals surface area contributed by atoms with Gasteiger partial charge in [-0.25, -0.2) is 4.99 Å². The standard InChI is InChI=1S/C30H35N3OS/c1-30(2,3)22-13-16-25-26(19-22)35-29(27(25)28(34)32-23-9-5-4-6-10-23)31-20-21-11-14-24(15-12-21)33-17-7-8-18-33/h4-6,9-12,14-15,20,22H,7-8,13,16-19H2,1-3H3,(H,32,34)/t22-/m0/s1. The van der Waals surface area contributed by atoms with E-state index in [1.54, 1.807) is 11.3 Å². The number of anilines is 2. The lowest BCUT2D eigenvalue weighted by atomic mass is 9.72. The summed E-state index contributed by atoms with van der Waals surface area (Å²) in [7, 11) is 0. The van der Waals surface area contributed by atoms with Crippen LogP contribution in [-0.4, -0.2) is 25.2 Å². The van der Waals surface area contributed by atoms with Crippen molar-refractivity contribution in [2.45, 2.75) is 52.9 Å². The number of benzene rings is 2. The number of hydrogen-bond donors (Lipinski definition) is 1. The number of rotatable bonds is 5. The molecule has 4 nitrogen and oxygen atoms in total. The molecule has 1 amide bonds. The summed E-state index contributed by atoms with van der Waals surface area (Å²) in [5, 5.41) is 3.92. The SMILES string of the molecule is CC(C)(C)[C@H]1CCc2c(sc(N=Cc3ccc(N4CCCC4)cc3)c2C(=O)Nc2ccccc2)C1. The Morgan fingerprint density at radius 1 is 1.06 bits per heavy atom. The number of carbonyl (C=O) groups is 1. The molecular formula is C30H35N3OS. The largest absolute Gasteiger partial charge is 0.372 e. The van der Waals surface area contributed by atoms with Gasteiger partial charge in [0.15, 0.2) is 0 Å². The average Bonchev–Trinajstić information content (AvgIpc) is 3.51. The minimum atomic E-state index is -0.0561. The van der Waals surface area contributed by atoms with Gasteiger partial charge in [-0.3, -0.25) is 4.79 Å². The number of nitrogens with zero attached hydrogens (tertiary/aromatic N) is 2. The second-order valence-electron chi connectivity index (χ2n) is 10.9. The van der Waals surface area contributed by atoms with E-state index in [0.29, 0.717) is 5.92 Å². The first-order valence-electron chi connectivity index (χ1n) is 12.8. The van der Waals surface area contributed by atoms with Crippen molar-refractivity contribution in [1.29, 1.82) is 0 Å². The lowest BCUT2D eigenvalue weighted by molar-refractivity contribution is 0.102. The van der Waals surface area contributed by atoms with E-state index in [4.69, 9.17) is 4.99 Å². The van der Waals surface area contributed by atoms with Crippen LogP contribution < -0.4 is 10.2 Å². The molecule has 0 bridgehead atoms. The van der Waals surface area contributed by atoms with Crippen LogP contribution in [0, 0.1) is 11.3 Å². The number of nitrogens with one attached hydrogen (secondary N) is 1. The van der Waals surface area contributed by atoms with Crippen LogP contribution in [0.2, 0.25) is 0 Å². The third-order valence-electron chi connectivity index (χ3n) is 7.43. The number of amides is 1. The zero-order valence-corrected chi connectivity index (χ0v) is 21.8. The second kappa shape index (κ2) is 9.98. The highest BCUT2D eigenvalue weighted by molar-refractivity contribution is 7.16. The summed E-state index contributed by atoms with van der Waals surface area (Å²) in [4.78, 5) is 22.1. The topological polar surface area (TPSA) is 44.7 Å². The summed E-state index contributed by atoms with van der Waals surface area (Å²) < 4.78 is 0. The van der Waals surface area contributed by atoms with Crippen LogP contribution in [0.5, 0.6) is 0 Å². The van der Waals surface area contributed by atoms with E-state index in [1.165, 1.54) is 29.0 Å². The molecule has 5 heteroatoms. The highest BCUT2D eigenvalue weighted by Crippen LogP contribution is 2.45. The lowest BCUT2D eigenvalue weighted by Gasteiger charge is -2.33. The normalized spacial score (nSPS) is 18.1. The summed E-state index contributed by atoms with van der Waals surface area (Å²) in [5.41, 5.74) is 5.36. The molecule has 2 heterocycles. The first-order valence-corrected chi connectivity index (χ1v) is 13.6. The van der Waals surface area contributed by atoms with Crippen molar-refractivity contribution in [2.24, 2.45) is 16.3 Å². The Labute approximate surface area is 213 Å². The number of fused-ring (bicyclic) bond motifs is 1. The second-order valence-corrected chi connectivity index (χ2v) is 11.9. The van der Waals surface area contributed by atoms with Gasteiger partial charge in [0.2, 0.25) is 0 Å². The van der Waals surface area contributed by atoms with Gasteiger partial charge in [-0.1, -0.05) is 51.1 Å². The van der Waals surface area contributed by atoms with Gasteiger partial charge in [-0.15, -0.1) is 11.3 Å². The molecule has 2 aliphatic rings. The predicted molar refractivity (Wildman–Crippen MR) is 149 cm³/mol. The molecule has 0 spiro atoms. The minimum absolute atomic E-state index is 0.0561. The van der Waals surface area contributed by atoms with Crippen LogP contribution in [0.3, 0.4) is 0 Å². The molecule has 1 N–H and O–H groups in total. The lowest BCUT2D eigenvalue weighted by Crippen LogP contribution is -2.27. The van der Waals surface area contributed by atoms with Crippen LogP contribution >= 0.6 is 11.3 Å². The quantitative estimate of drug-likeness (QED) is 0.380. The van der Waals surface area contributed by atoms with E-state index in [9.17, 15) is 4.79 Å². The van der Waals surface area contributed by atoms with Crippen LogP contribution in [0.15, 0.2) is 59.6 Å². The van der Waals surface area contributed by atoms with Crippen molar-refractivity contribution < 1.29 is 4.79 Å². The molecular weight excluding hydrogens is 450 g/mol. The molecule has 1 aliphatic heterocycles.